The van der Waals surface area contributed by atoms with Crippen molar-refractivity contribution in [1.29, 1.82) is 0 Å². The molecular weight excluding hydrogens is 452 g/mol. The van der Waals surface area contributed by atoms with Crippen LogP contribution in [0.1, 0.15) is 15.9 Å². The molecule has 1 aliphatic rings. The van der Waals surface area contributed by atoms with E-state index in [0.717, 1.165) is 0 Å². The predicted octanol–water partition coefficient (Wildman–Crippen LogP) is 2.66. The largest absolute Gasteiger partial charge is 0.491 e. The average molecular weight is 481 g/mol. The van der Waals surface area contributed by atoms with Crippen molar-refractivity contribution in [3.63, 3.8) is 0 Å². The molecule has 0 aromatic heterocycles. The zero-order valence-electron chi connectivity index (χ0n) is 18.8. The van der Waals surface area contributed by atoms with Gasteiger partial charge in [-0.1, -0.05) is 48.5 Å². The molecule has 0 aliphatic carbocycles. The first-order valence-corrected chi connectivity index (χ1v) is 12.7. The molecule has 0 amide bonds. The Morgan fingerprint density at radius 3 is 2.00 bits per heavy atom. The molecule has 178 valence electrons. The molecule has 8 heteroatoms. The van der Waals surface area contributed by atoms with Crippen LogP contribution in [0.5, 0.6) is 5.75 Å². The lowest BCUT2D eigenvalue weighted by Gasteiger charge is -2.34. The van der Waals surface area contributed by atoms with E-state index in [0.29, 0.717) is 54.5 Å². The number of hydrogen-bond acceptors (Lipinski definition) is 6. The van der Waals surface area contributed by atoms with E-state index in [1.54, 1.807) is 66.7 Å². The molecule has 1 N–H and O–H groups in total. The number of piperazine rings is 1. The number of rotatable bonds is 9. The lowest BCUT2D eigenvalue weighted by Crippen LogP contribution is -2.50. The van der Waals surface area contributed by atoms with Crippen LogP contribution in [-0.2, 0) is 10.0 Å². The van der Waals surface area contributed by atoms with Gasteiger partial charge in [-0.25, -0.2) is 8.42 Å². The Hall–Kier alpha value is -3.04. The normalized spacial score (nSPS) is 16.1. The number of ether oxygens (including phenoxy) is 1. The number of aliphatic hydroxyl groups is 1. The first kappa shape index (κ1) is 24.1. The van der Waals surface area contributed by atoms with E-state index in [4.69, 9.17) is 4.74 Å². The summed E-state index contributed by atoms with van der Waals surface area (Å²) in [7, 11) is -3.49. The standard InChI is InChI=1S/C26H28N2O5S/c29-23(19-27-15-17-28(18-16-27)34(31,32)25-9-5-2-6-10-25)20-33-24-13-11-22(12-14-24)26(30)21-7-3-1-4-8-21/h1-14,23,29H,15-20H2. The van der Waals surface area contributed by atoms with Gasteiger partial charge in [0.15, 0.2) is 5.78 Å². The molecule has 1 fully saturated rings. The van der Waals surface area contributed by atoms with Gasteiger partial charge in [0.2, 0.25) is 10.0 Å². The van der Waals surface area contributed by atoms with Crippen molar-refractivity contribution < 1.29 is 23.1 Å². The van der Waals surface area contributed by atoms with Crippen LogP contribution < -0.4 is 4.74 Å². The molecule has 0 radical (unpaired) electrons. The number of hydrogen-bond donors (Lipinski definition) is 1. The van der Waals surface area contributed by atoms with Crippen molar-refractivity contribution >= 4 is 15.8 Å². The molecule has 7 nitrogen and oxygen atoms in total. The molecule has 3 aromatic carbocycles. The number of benzene rings is 3. The van der Waals surface area contributed by atoms with Gasteiger partial charge in [-0.3, -0.25) is 9.69 Å². The van der Waals surface area contributed by atoms with Crippen LogP contribution in [0.3, 0.4) is 0 Å². The van der Waals surface area contributed by atoms with Crippen LogP contribution in [0.4, 0.5) is 0 Å². The van der Waals surface area contributed by atoms with Crippen LogP contribution in [0.2, 0.25) is 0 Å². The molecule has 1 saturated heterocycles. The summed E-state index contributed by atoms with van der Waals surface area (Å²) in [4.78, 5) is 14.8. The fourth-order valence-electron chi connectivity index (χ4n) is 3.90. The van der Waals surface area contributed by atoms with Crippen LogP contribution in [-0.4, -0.2) is 73.9 Å². The summed E-state index contributed by atoms with van der Waals surface area (Å²) in [6.45, 7) is 2.33. The van der Waals surface area contributed by atoms with Gasteiger partial charge < -0.3 is 9.84 Å². The summed E-state index contributed by atoms with van der Waals surface area (Å²) in [5.74, 6) is 0.517. The Bertz CT molecular complexity index is 1180. The summed E-state index contributed by atoms with van der Waals surface area (Å²) >= 11 is 0. The van der Waals surface area contributed by atoms with E-state index >= 15 is 0 Å². The maximum absolute atomic E-state index is 12.7. The van der Waals surface area contributed by atoms with Crippen LogP contribution >= 0.6 is 0 Å². The van der Waals surface area contributed by atoms with Gasteiger partial charge in [0.25, 0.3) is 0 Å². The van der Waals surface area contributed by atoms with Gasteiger partial charge in [-0.15, -0.1) is 0 Å². The summed E-state index contributed by atoms with van der Waals surface area (Å²) < 4.78 is 32.7. The van der Waals surface area contributed by atoms with E-state index in [9.17, 15) is 18.3 Å². The van der Waals surface area contributed by atoms with E-state index < -0.39 is 16.1 Å². The van der Waals surface area contributed by atoms with Gasteiger partial charge in [-0.2, -0.15) is 4.31 Å². The number of carbonyl (C=O) groups is 1. The highest BCUT2D eigenvalue weighted by atomic mass is 32.2. The van der Waals surface area contributed by atoms with Gasteiger partial charge in [0.1, 0.15) is 18.5 Å². The number of carbonyl (C=O) groups excluding carboxylic acids is 1. The molecule has 3 aromatic rings. The monoisotopic (exact) mass is 480 g/mol. The minimum atomic E-state index is -3.49. The smallest absolute Gasteiger partial charge is 0.243 e. The highest BCUT2D eigenvalue weighted by Gasteiger charge is 2.28. The summed E-state index contributed by atoms with van der Waals surface area (Å²) in [5, 5.41) is 10.4. The number of sulfonamides is 1. The first-order chi connectivity index (χ1) is 16.4. The SMILES string of the molecule is O=C(c1ccccc1)c1ccc(OCC(O)CN2CCN(S(=O)(=O)c3ccccc3)CC2)cc1. The number of aliphatic hydroxyl groups excluding tert-OH is 1. The van der Waals surface area contributed by atoms with Crippen LogP contribution in [0, 0.1) is 0 Å². The van der Waals surface area contributed by atoms with Gasteiger partial charge >= 0.3 is 0 Å². The first-order valence-electron chi connectivity index (χ1n) is 11.2. The van der Waals surface area contributed by atoms with Gasteiger partial charge in [0.05, 0.1) is 4.90 Å². The highest BCUT2D eigenvalue weighted by molar-refractivity contribution is 7.89. The molecule has 0 saturated carbocycles. The molecule has 4 rings (SSSR count). The lowest BCUT2D eigenvalue weighted by molar-refractivity contribution is 0.0569. The Morgan fingerprint density at radius 2 is 1.38 bits per heavy atom. The van der Waals surface area contributed by atoms with Crippen molar-refractivity contribution in [2.45, 2.75) is 11.0 Å². The number of ketones is 1. The Kier molecular flexibility index (Phi) is 7.74. The van der Waals surface area contributed by atoms with E-state index in [1.165, 1.54) is 4.31 Å². The summed E-state index contributed by atoms with van der Waals surface area (Å²) in [6, 6.07) is 24.4. The van der Waals surface area contributed by atoms with E-state index in [2.05, 4.69) is 0 Å². The van der Waals surface area contributed by atoms with Crippen LogP contribution in [0.25, 0.3) is 0 Å². The summed E-state index contributed by atoms with van der Waals surface area (Å²) in [6.07, 6.45) is -0.720. The van der Waals surface area contributed by atoms with Gasteiger partial charge in [-0.05, 0) is 36.4 Å². The van der Waals surface area contributed by atoms with Crippen molar-refractivity contribution in [2.24, 2.45) is 0 Å². The summed E-state index contributed by atoms with van der Waals surface area (Å²) in [5.41, 5.74) is 1.20. The molecule has 0 bridgehead atoms. The lowest BCUT2D eigenvalue weighted by atomic mass is 10.0. The minimum absolute atomic E-state index is 0.0550. The maximum Gasteiger partial charge on any atom is 0.243 e. The second kappa shape index (κ2) is 10.9. The highest BCUT2D eigenvalue weighted by Crippen LogP contribution is 2.18. The Balaban J connectivity index is 1.23. The third-order valence-electron chi connectivity index (χ3n) is 5.78. The maximum atomic E-state index is 12.7. The third kappa shape index (κ3) is 5.90. The van der Waals surface area contributed by atoms with Crippen molar-refractivity contribution in [2.75, 3.05) is 39.3 Å². The van der Waals surface area contributed by atoms with Crippen molar-refractivity contribution in [1.82, 2.24) is 9.21 Å². The Morgan fingerprint density at radius 1 is 0.824 bits per heavy atom. The molecule has 0 spiro atoms. The Labute approximate surface area is 200 Å². The van der Waals surface area contributed by atoms with E-state index in [1.807, 2.05) is 23.1 Å². The third-order valence-corrected chi connectivity index (χ3v) is 7.69. The molecule has 1 heterocycles. The number of nitrogens with zero attached hydrogens (tertiary/aromatic N) is 2. The second-order valence-corrected chi connectivity index (χ2v) is 10.1. The average Bonchev–Trinajstić information content (AvgIpc) is 2.89. The zero-order valence-corrected chi connectivity index (χ0v) is 19.6. The molecule has 1 atom stereocenters. The van der Waals surface area contributed by atoms with Gasteiger partial charge in [0, 0.05) is 43.9 Å². The fraction of sp³-hybridized carbons (Fsp3) is 0.269. The minimum Gasteiger partial charge on any atom is -0.491 e. The fourth-order valence-corrected chi connectivity index (χ4v) is 5.34. The molecular formula is C26H28N2O5S. The molecule has 1 aliphatic heterocycles. The van der Waals surface area contributed by atoms with Crippen LogP contribution in [0.15, 0.2) is 89.8 Å². The molecule has 1 unspecified atom stereocenters. The second-order valence-electron chi connectivity index (χ2n) is 8.20. The topological polar surface area (TPSA) is 87.2 Å². The molecule has 34 heavy (non-hydrogen) atoms. The number of β-amino-alcohol motifs (C(OH)–C–C–N with tert-alkyl or cyclic N) is 1. The zero-order chi connectivity index (χ0) is 24.0. The van der Waals surface area contributed by atoms with Crippen molar-refractivity contribution in [3.8, 4) is 5.75 Å². The van der Waals surface area contributed by atoms with E-state index in [-0.39, 0.29) is 12.4 Å². The predicted molar refractivity (Wildman–Crippen MR) is 129 cm³/mol. The quantitative estimate of drug-likeness (QED) is 0.474. The van der Waals surface area contributed by atoms with Crippen molar-refractivity contribution in [3.05, 3.63) is 96.1 Å².